The number of carbonyl (C=O) groups excluding carboxylic acids is 3. The van der Waals surface area contributed by atoms with Gasteiger partial charge < -0.3 is 28.4 Å². The number of esters is 3. The number of nitriles is 1. The predicted molar refractivity (Wildman–Crippen MR) is 155 cm³/mol. The van der Waals surface area contributed by atoms with Crippen molar-refractivity contribution >= 4 is 24.0 Å². The van der Waals surface area contributed by atoms with Crippen LogP contribution < -0.4 is 18.9 Å². The van der Waals surface area contributed by atoms with Gasteiger partial charge in [-0.2, -0.15) is 5.26 Å². The summed E-state index contributed by atoms with van der Waals surface area (Å²) in [5, 5.41) is 9.42. The smallest absolute Gasteiger partial charge is 0.348 e. The Balaban J connectivity index is 1.43. The van der Waals surface area contributed by atoms with E-state index in [0.29, 0.717) is 45.3 Å². The lowest BCUT2D eigenvalue weighted by Gasteiger charge is -2.36. The van der Waals surface area contributed by atoms with Gasteiger partial charge in [0.2, 0.25) is 0 Å². The molecule has 0 aliphatic carbocycles. The van der Waals surface area contributed by atoms with Gasteiger partial charge in [0.15, 0.2) is 5.60 Å². The minimum absolute atomic E-state index is 0.0323. The monoisotopic (exact) mass is 589 g/mol. The minimum Gasteiger partial charge on any atom is -0.497 e. The molecule has 4 aromatic carbocycles. The molecule has 1 spiro atoms. The summed E-state index contributed by atoms with van der Waals surface area (Å²) >= 11 is 0. The van der Waals surface area contributed by atoms with E-state index in [9.17, 15) is 19.6 Å². The van der Waals surface area contributed by atoms with Crippen LogP contribution in [0.3, 0.4) is 0 Å². The van der Waals surface area contributed by atoms with Crippen LogP contribution in [0, 0.1) is 11.3 Å². The van der Waals surface area contributed by atoms with Crippen molar-refractivity contribution in [2.24, 2.45) is 0 Å². The number of carbonyl (C=O) groups is 3. The van der Waals surface area contributed by atoms with Crippen LogP contribution in [0.15, 0.2) is 84.4 Å². The number of hydrogen-bond donors (Lipinski definition) is 0. The van der Waals surface area contributed by atoms with Crippen molar-refractivity contribution in [1.29, 1.82) is 5.26 Å². The van der Waals surface area contributed by atoms with Gasteiger partial charge in [0.1, 0.15) is 40.4 Å². The highest BCUT2D eigenvalue weighted by molar-refractivity contribution is 6.02. The van der Waals surface area contributed by atoms with Crippen molar-refractivity contribution in [2.45, 2.75) is 5.60 Å². The van der Waals surface area contributed by atoms with Gasteiger partial charge >= 0.3 is 17.9 Å². The fraction of sp³-hybridized carbons (Fsp3) is 0.118. The van der Waals surface area contributed by atoms with Gasteiger partial charge in [0, 0.05) is 28.8 Å². The van der Waals surface area contributed by atoms with Gasteiger partial charge in [-0.3, -0.25) is 0 Å². The second-order valence-electron chi connectivity index (χ2n) is 9.74. The number of fused-ring (bicyclic) bond motifs is 6. The van der Waals surface area contributed by atoms with Crippen molar-refractivity contribution in [3.8, 4) is 34.8 Å². The lowest BCUT2D eigenvalue weighted by atomic mass is 9.77. The van der Waals surface area contributed by atoms with E-state index in [-0.39, 0.29) is 22.4 Å². The molecule has 218 valence electrons. The van der Waals surface area contributed by atoms with Gasteiger partial charge in [-0.05, 0) is 54.1 Å². The Labute approximate surface area is 251 Å². The van der Waals surface area contributed by atoms with E-state index in [0.717, 1.165) is 7.11 Å². The molecule has 10 heteroatoms. The van der Waals surface area contributed by atoms with Crippen molar-refractivity contribution in [1.82, 2.24) is 0 Å². The molecule has 0 aromatic heterocycles. The van der Waals surface area contributed by atoms with Crippen LogP contribution in [0.1, 0.15) is 43.0 Å². The van der Waals surface area contributed by atoms with E-state index < -0.39 is 23.5 Å². The fourth-order valence-corrected chi connectivity index (χ4v) is 5.36. The van der Waals surface area contributed by atoms with Crippen LogP contribution >= 0.6 is 0 Å². The molecule has 0 bridgehead atoms. The topological polar surface area (TPSA) is 130 Å². The first-order valence-electron chi connectivity index (χ1n) is 13.3. The van der Waals surface area contributed by atoms with Crippen molar-refractivity contribution in [3.05, 3.63) is 118 Å². The zero-order valence-electron chi connectivity index (χ0n) is 23.7. The largest absolute Gasteiger partial charge is 0.497 e. The van der Waals surface area contributed by atoms with E-state index >= 15 is 0 Å². The Morgan fingerprint density at radius 2 is 1.45 bits per heavy atom. The summed E-state index contributed by atoms with van der Waals surface area (Å²) in [5.74, 6) is -0.414. The molecule has 0 fully saturated rings. The van der Waals surface area contributed by atoms with Gasteiger partial charge in [0.05, 0.1) is 32.5 Å². The maximum absolute atomic E-state index is 13.5. The molecular weight excluding hydrogens is 566 g/mol. The minimum atomic E-state index is -1.31. The Hall–Kier alpha value is -6.08. The third-order valence-corrected chi connectivity index (χ3v) is 7.41. The van der Waals surface area contributed by atoms with Gasteiger partial charge in [-0.1, -0.05) is 24.3 Å². The van der Waals surface area contributed by atoms with Crippen LogP contribution in [0.5, 0.6) is 28.7 Å². The van der Waals surface area contributed by atoms with Gasteiger partial charge in [-0.25, -0.2) is 14.4 Å². The average molecular weight is 590 g/mol. The van der Waals surface area contributed by atoms with E-state index in [1.807, 2.05) is 12.1 Å². The molecule has 1 atom stereocenters. The standard InChI is InChI=1S/C34H23NO9/c1-39-21-9-8-19(14-20(18-35)31(36)41-3)25(15-21)32(37)42-23-11-13-28-30(17-23)43-29-16-22(40-2)10-12-27(29)34(28)26-7-5-4-6-24(26)33(38)44-34/h4-17H,1-3H3/b20-14+. The normalized spacial score (nSPS) is 16.0. The molecule has 2 heterocycles. The quantitative estimate of drug-likeness (QED) is 0.122. The molecule has 0 N–H and O–H groups in total. The summed E-state index contributed by atoms with van der Waals surface area (Å²) in [5.41, 5.74) is 0.886. The molecule has 0 saturated carbocycles. The zero-order chi connectivity index (χ0) is 31.0. The summed E-state index contributed by atoms with van der Waals surface area (Å²) in [6.45, 7) is 0. The zero-order valence-corrected chi connectivity index (χ0v) is 23.7. The number of rotatable bonds is 6. The summed E-state index contributed by atoms with van der Waals surface area (Å²) in [7, 11) is 4.12. The first kappa shape index (κ1) is 28.1. The highest BCUT2D eigenvalue weighted by Gasteiger charge is 2.53. The highest BCUT2D eigenvalue weighted by Crippen LogP contribution is 2.57. The maximum atomic E-state index is 13.5. The van der Waals surface area contributed by atoms with Crippen LogP contribution in [0.25, 0.3) is 6.08 Å². The summed E-state index contributed by atoms with van der Waals surface area (Å²) in [6, 6.07) is 23.5. The number of benzene rings is 4. The molecule has 0 radical (unpaired) electrons. The Bertz CT molecular complexity index is 1940. The first-order chi connectivity index (χ1) is 21.3. The van der Waals surface area contributed by atoms with Crippen molar-refractivity contribution in [3.63, 3.8) is 0 Å². The third kappa shape index (κ3) is 4.48. The first-order valence-corrected chi connectivity index (χ1v) is 13.3. The van der Waals surface area contributed by atoms with Crippen molar-refractivity contribution in [2.75, 3.05) is 21.3 Å². The molecule has 2 aliphatic heterocycles. The van der Waals surface area contributed by atoms with Crippen LogP contribution in [-0.4, -0.2) is 39.2 Å². The van der Waals surface area contributed by atoms with Crippen LogP contribution in [0.2, 0.25) is 0 Å². The predicted octanol–water partition coefficient (Wildman–Crippen LogP) is 5.57. The Morgan fingerprint density at radius 1 is 0.818 bits per heavy atom. The molecule has 0 saturated heterocycles. The number of nitrogens with zero attached hydrogens (tertiary/aromatic N) is 1. The number of methoxy groups -OCH3 is 3. The van der Waals surface area contributed by atoms with E-state index in [1.165, 1.54) is 38.5 Å². The molecule has 0 amide bonds. The van der Waals surface area contributed by atoms with E-state index in [4.69, 9.17) is 23.7 Å². The average Bonchev–Trinajstić information content (AvgIpc) is 3.35. The lowest BCUT2D eigenvalue weighted by molar-refractivity contribution is -0.135. The molecule has 4 aromatic rings. The maximum Gasteiger partial charge on any atom is 0.348 e. The van der Waals surface area contributed by atoms with Crippen molar-refractivity contribution < 1.29 is 42.8 Å². The van der Waals surface area contributed by atoms with Crippen LogP contribution in [-0.2, 0) is 19.9 Å². The summed E-state index contributed by atoms with van der Waals surface area (Å²) in [4.78, 5) is 38.6. The Morgan fingerprint density at radius 3 is 2.14 bits per heavy atom. The van der Waals surface area contributed by atoms with E-state index in [1.54, 1.807) is 54.6 Å². The lowest BCUT2D eigenvalue weighted by Crippen LogP contribution is -2.33. The summed E-state index contributed by atoms with van der Waals surface area (Å²) in [6.07, 6.45) is 1.23. The fourth-order valence-electron chi connectivity index (χ4n) is 5.36. The van der Waals surface area contributed by atoms with Gasteiger partial charge in [-0.15, -0.1) is 0 Å². The molecule has 44 heavy (non-hydrogen) atoms. The molecular formula is C34H23NO9. The second kappa shape index (κ2) is 11.0. The number of hydrogen-bond acceptors (Lipinski definition) is 10. The third-order valence-electron chi connectivity index (χ3n) is 7.41. The Kier molecular flexibility index (Phi) is 6.99. The van der Waals surface area contributed by atoms with Gasteiger partial charge in [0.25, 0.3) is 0 Å². The highest BCUT2D eigenvalue weighted by atomic mass is 16.6. The molecule has 2 aliphatic rings. The number of ether oxygens (including phenoxy) is 6. The summed E-state index contributed by atoms with van der Waals surface area (Å²) < 4.78 is 33.5. The molecule has 1 unspecified atom stereocenters. The van der Waals surface area contributed by atoms with Crippen LogP contribution in [0.4, 0.5) is 0 Å². The SMILES string of the molecule is COC(=O)/C(C#N)=C/c1ccc(OC)cc1C(=O)Oc1ccc2c(c1)Oc1cc(OC)ccc1C21OC(=O)c2ccccc21. The van der Waals surface area contributed by atoms with E-state index in [2.05, 4.69) is 4.74 Å². The molecule has 10 nitrogen and oxygen atoms in total. The molecule has 6 rings (SSSR count). The second-order valence-corrected chi connectivity index (χ2v) is 9.74.